The minimum atomic E-state index is 0.294. The number of phenols is 1. The third-order valence-corrected chi connectivity index (χ3v) is 2.56. The summed E-state index contributed by atoms with van der Waals surface area (Å²) < 4.78 is 5.66. The van der Waals surface area contributed by atoms with Gasteiger partial charge in [0.25, 0.3) is 0 Å². The van der Waals surface area contributed by atoms with Gasteiger partial charge in [-0.15, -0.1) is 0 Å². The summed E-state index contributed by atoms with van der Waals surface area (Å²) in [7, 11) is 0. The van der Waals surface area contributed by atoms with Crippen LogP contribution in [0.1, 0.15) is 39.7 Å². The molecule has 1 aromatic carbocycles. The number of benzene rings is 1. The summed E-state index contributed by atoms with van der Waals surface area (Å²) in [5.74, 6) is 2.30. The molecule has 0 aliphatic carbocycles. The van der Waals surface area contributed by atoms with E-state index in [0.29, 0.717) is 24.2 Å². The summed E-state index contributed by atoms with van der Waals surface area (Å²) in [6.07, 6.45) is 2.00. The second-order valence-electron chi connectivity index (χ2n) is 5.46. The lowest BCUT2D eigenvalue weighted by molar-refractivity contribution is 0.288. The zero-order valence-electron chi connectivity index (χ0n) is 11.4. The smallest absolute Gasteiger partial charge is 0.123 e. The molecule has 1 rings (SSSR count). The van der Waals surface area contributed by atoms with Crippen molar-refractivity contribution in [2.45, 2.75) is 40.5 Å². The van der Waals surface area contributed by atoms with Gasteiger partial charge in [-0.25, -0.2) is 0 Å². The lowest BCUT2D eigenvalue weighted by Crippen LogP contribution is -2.02. The van der Waals surface area contributed by atoms with Crippen LogP contribution in [0.5, 0.6) is 11.5 Å². The molecule has 0 aromatic heterocycles. The zero-order valence-corrected chi connectivity index (χ0v) is 11.4. The molecule has 0 amide bonds. The van der Waals surface area contributed by atoms with E-state index in [1.54, 1.807) is 6.07 Å². The molecular weight excluding hydrogens is 212 g/mol. The second-order valence-corrected chi connectivity index (χ2v) is 5.46. The summed E-state index contributed by atoms with van der Waals surface area (Å²) in [5, 5.41) is 9.64. The monoisotopic (exact) mass is 236 g/mol. The Labute approximate surface area is 105 Å². The maximum atomic E-state index is 9.64. The summed E-state index contributed by atoms with van der Waals surface area (Å²) >= 11 is 0. The third kappa shape index (κ3) is 5.62. The molecule has 0 aliphatic heterocycles. The van der Waals surface area contributed by atoms with Gasteiger partial charge in [-0.2, -0.15) is 0 Å². The summed E-state index contributed by atoms with van der Waals surface area (Å²) in [6.45, 7) is 9.40. The Kier molecular flexibility index (Phi) is 5.33. The van der Waals surface area contributed by atoms with Gasteiger partial charge < -0.3 is 9.84 Å². The number of hydrogen-bond acceptors (Lipinski definition) is 2. The van der Waals surface area contributed by atoms with Crippen molar-refractivity contribution in [3.8, 4) is 11.5 Å². The lowest BCUT2D eigenvalue weighted by Gasteiger charge is -2.11. The van der Waals surface area contributed by atoms with E-state index in [2.05, 4.69) is 27.7 Å². The highest BCUT2D eigenvalue weighted by molar-refractivity contribution is 5.37. The Morgan fingerprint density at radius 3 is 2.35 bits per heavy atom. The molecule has 1 aromatic rings. The van der Waals surface area contributed by atoms with Gasteiger partial charge in [-0.3, -0.25) is 0 Å². The molecule has 1 N–H and O–H groups in total. The number of hydrogen-bond donors (Lipinski definition) is 1. The lowest BCUT2D eigenvalue weighted by atomic mass is 10.0. The molecule has 0 saturated carbocycles. The second kappa shape index (κ2) is 6.53. The Balaban J connectivity index is 2.62. The minimum Gasteiger partial charge on any atom is -0.508 e. The standard InChI is InChI=1S/C15H24O2/c1-11(2)5-6-17-15-9-13(7-12(3)4)8-14(16)10-15/h8-12,16H,5-7H2,1-4H3. The summed E-state index contributed by atoms with van der Waals surface area (Å²) in [6, 6.07) is 5.53. The highest BCUT2D eigenvalue weighted by atomic mass is 16.5. The Morgan fingerprint density at radius 1 is 1.06 bits per heavy atom. The molecule has 2 nitrogen and oxygen atoms in total. The van der Waals surface area contributed by atoms with Crippen LogP contribution < -0.4 is 4.74 Å². The maximum Gasteiger partial charge on any atom is 0.123 e. The van der Waals surface area contributed by atoms with Crippen LogP contribution in [0.4, 0.5) is 0 Å². The molecule has 0 unspecified atom stereocenters. The first-order valence-electron chi connectivity index (χ1n) is 6.43. The van der Waals surface area contributed by atoms with Crippen LogP contribution in [-0.2, 0) is 6.42 Å². The summed E-state index contributed by atoms with van der Waals surface area (Å²) in [5.41, 5.74) is 1.14. The normalized spacial score (nSPS) is 11.2. The van der Waals surface area contributed by atoms with Gasteiger partial charge in [-0.1, -0.05) is 27.7 Å². The number of phenolic OH excluding ortho intramolecular Hbond substituents is 1. The molecule has 0 spiro atoms. The van der Waals surface area contributed by atoms with E-state index < -0.39 is 0 Å². The van der Waals surface area contributed by atoms with Crippen LogP contribution in [0, 0.1) is 11.8 Å². The van der Waals surface area contributed by atoms with Crippen molar-refractivity contribution in [1.82, 2.24) is 0 Å². The quantitative estimate of drug-likeness (QED) is 0.808. The van der Waals surface area contributed by atoms with E-state index in [1.807, 2.05) is 12.1 Å². The number of rotatable bonds is 6. The largest absolute Gasteiger partial charge is 0.508 e. The molecule has 2 heteroatoms. The topological polar surface area (TPSA) is 29.5 Å². The molecule has 0 fully saturated rings. The molecule has 96 valence electrons. The maximum absolute atomic E-state index is 9.64. The SMILES string of the molecule is CC(C)CCOc1cc(O)cc(CC(C)C)c1. The van der Waals surface area contributed by atoms with Gasteiger partial charge in [0.1, 0.15) is 11.5 Å². The van der Waals surface area contributed by atoms with Gasteiger partial charge in [-0.05, 0) is 42.4 Å². The molecule has 0 bridgehead atoms. The first kappa shape index (κ1) is 13.9. The van der Waals surface area contributed by atoms with Gasteiger partial charge in [0.05, 0.1) is 6.61 Å². The highest BCUT2D eigenvalue weighted by Crippen LogP contribution is 2.24. The van der Waals surface area contributed by atoms with Crippen LogP contribution in [0.2, 0.25) is 0 Å². The van der Waals surface area contributed by atoms with Crippen LogP contribution in [0.15, 0.2) is 18.2 Å². The van der Waals surface area contributed by atoms with Crippen molar-refractivity contribution in [3.63, 3.8) is 0 Å². The fourth-order valence-corrected chi connectivity index (χ4v) is 1.73. The van der Waals surface area contributed by atoms with Crippen molar-refractivity contribution < 1.29 is 9.84 Å². The van der Waals surface area contributed by atoms with Gasteiger partial charge in [0.15, 0.2) is 0 Å². The first-order chi connectivity index (χ1) is 7.97. The van der Waals surface area contributed by atoms with Crippen molar-refractivity contribution in [2.75, 3.05) is 6.61 Å². The number of aromatic hydroxyl groups is 1. The molecule has 0 radical (unpaired) electrons. The third-order valence-electron chi connectivity index (χ3n) is 2.56. The zero-order chi connectivity index (χ0) is 12.8. The molecule has 0 heterocycles. The van der Waals surface area contributed by atoms with Crippen molar-refractivity contribution >= 4 is 0 Å². The van der Waals surface area contributed by atoms with Crippen LogP contribution in [0.3, 0.4) is 0 Å². The van der Waals surface area contributed by atoms with E-state index in [0.717, 1.165) is 24.2 Å². The summed E-state index contributed by atoms with van der Waals surface area (Å²) in [4.78, 5) is 0. The van der Waals surface area contributed by atoms with E-state index in [-0.39, 0.29) is 0 Å². The Bertz CT molecular complexity index is 343. The van der Waals surface area contributed by atoms with Gasteiger partial charge in [0.2, 0.25) is 0 Å². The van der Waals surface area contributed by atoms with Crippen molar-refractivity contribution in [2.24, 2.45) is 11.8 Å². The van der Waals surface area contributed by atoms with Crippen molar-refractivity contribution in [3.05, 3.63) is 23.8 Å². The minimum absolute atomic E-state index is 0.294. The molecule has 0 aliphatic rings. The average Bonchev–Trinajstić information content (AvgIpc) is 2.14. The predicted octanol–water partition coefficient (Wildman–Crippen LogP) is 4.02. The molecule has 0 saturated heterocycles. The Hall–Kier alpha value is -1.18. The van der Waals surface area contributed by atoms with Crippen LogP contribution >= 0.6 is 0 Å². The first-order valence-corrected chi connectivity index (χ1v) is 6.43. The fraction of sp³-hybridized carbons (Fsp3) is 0.600. The predicted molar refractivity (Wildman–Crippen MR) is 71.6 cm³/mol. The van der Waals surface area contributed by atoms with Crippen LogP contribution in [0.25, 0.3) is 0 Å². The van der Waals surface area contributed by atoms with Gasteiger partial charge in [0, 0.05) is 6.07 Å². The average molecular weight is 236 g/mol. The molecule has 17 heavy (non-hydrogen) atoms. The van der Waals surface area contributed by atoms with Gasteiger partial charge >= 0.3 is 0 Å². The van der Waals surface area contributed by atoms with E-state index in [9.17, 15) is 5.11 Å². The highest BCUT2D eigenvalue weighted by Gasteiger charge is 2.04. The number of ether oxygens (including phenoxy) is 1. The fourth-order valence-electron chi connectivity index (χ4n) is 1.73. The van der Waals surface area contributed by atoms with E-state index >= 15 is 0 Å². The Morgan fingerprint density at radius 2 is 1.76 bits per heavy atom. The van der Waals surface area contributed by atoms with E-state index in [1.165, 1.54) is 0 Å². The molecular formula is C15H24O2. The van der Waals surface area contributed by atoms with Crippen LogP contribution in [-0.4, -0.2) is 11.7 Å². The van der Waals surface area contributed by atoms with Crippen molar-refractivity contribution in [1.29, 1.82) is 0 Å². The molecule has 0 atom stereocenters. The van der Waals surface area contributed by atoms with E-state index in [4.69, 9.17) is 4.74 Å².